The van der Waals surface area contributed by atoms with Crippen molar-refractivity contribution in [3.05, 3.63) is 63.6 Å². The van der Waals surface area contributed by atoms with E-state index in [0.29, 0.717) is 26.9 Å². The van der Waals surface area contributed by atoms with Gasteiger partial charge in [-0.25, -0.2) is 4.99 Å². The molecule has 2 aromatic carbocycles. The molecule has 3 N–H and O–H groups in total. The number of fused-ring (bicyclic) bond motifs is 1. The smallest absolute Gasteiger partial charge is 0.174 e. The van der Waals surface area contributed by atoms with Crippen LogP contribution in [0.25, 0.3) is 0 Å². The molecule has 19 heavy (non-hydrogen) atoms. The average molecular weight is 293 g/mol. The van der Waals surface area contributed by atoms with Gasteiger partial charge in [0, 0.05) is 5.56 Å². The maximum atomic E-state index is 10.9. The number of hydrogen-bond donors (Lipinski definition) is 2. The number of benzene rings is 2. The van der Waals surface area contributed by atoms with Crippen molar-refractivity contribution in [3.63, 3.8) is 0 Å². The van der Waals surface area contributed by atoms with Crippen molar-refractivity contribution in [2.24, 2.45) is 10.7 Å². The fourth-order valence-electron chi connectivity index (χ4n) is 2.25. The molecule has 1 heterocycles. The van der Waals surface area contributed by atoms with Crippen LogP contribution in [0.2, 0.25) is 10.0 Å². The number of aliphatic imine (C=N–C) groups is 1. The minimum Gasteiger partial charge on any atom is -0.384 e. The van der Waals surface area contributed by atoms with Gasteiger partial charge in [-0.05, 0) is 17.7 Å². The molecule has 5 heteroatoms. The van der Waals surface area contributed by atoms with Gasteiger partial charge in [-0.3, -0.25) is 0 Å². The summed E-state index contributed by atoms with van der Waals surface area (Å²) in [5, 5.41) is 11.7. The summed E-state index contributed by atoms with van der Waals surface area (Å²) in [6.07, 6.45) is 0. The Labute approximate surface area is 120 Å². The van der Waals surface area contributed by atoms with E-state index in [1.165, 1.54) is 0 Å². The highest BCUT2D eigenvalue weighted by Crippen LogP contribution is 2.44. The second-order valence-electron chi connectivity index (χ2n) is 4.36. The van der Waals surface area contributed by atoms with Gasteiger partial charge in [0.05, 0.1) is 15.7 Å². The van der Waals surface area contributed by atoms with Gasteiger partial charge < -0.3 is 10.8 Å². The molecule has 1 atom stereocenters. The topological polar surface area (TPSA) is 58.6 Å². The molecule has 0 spiro atoms. The van der Waals surface area contributed by atoms with Crippen molar-refractivity contribution in [1.82, 2.24) is 0 Å². The molecular weight excluding hydrogens is 283 g/mol. The highest BCUT2D eigenvalue weighted by Gasteiger charge is 2.42. The lowest BCUT2D eigenvalue weighted by molar-refractivity contribution is 0.158. The quantitative estimate of drug-likeness (QED) is 0.848. The Bertz CT molecular complexity index is 685. The van der Waals surface area contributed by atoms with E-state index >= 15 is 0 Å². The Kier molecular flexibility index (Phi) is 2.78. The normalized spacial score (nSPS) is 21.1. The van der Waals surface area contributed by atoms with Crippen LogP contribution in [0.5, 0.6) is 0 Å². The van der Waals surface area contributed by atoms with E-state index in [2.05, 4.69) is 4.99 Å². The van der Waals surface area contributed by atoms with Crippen LogP contribution < -0.4 is 5.73 Å². The standard InChI is InChI=1S/C14H10Cl2N2O/c15-10-6-9-12(7-11(10)16)18-13(17)14(9,19)8-4-2-1-3-5-8/h1-7,19H,(H2,17,18). The van der Waals surface area contributed by atoms with E-state index in [1.807, 2.05) is 18.2 Å². The maximum Gasteiger partial charge on any atom is 0.174 e. The summed E-state index contributed by atoms with van der Waals surface area (Å²) < 4.78 is 0. The molecule has 0 saturated heterocycles. The van der Waals surface area contributed by atoms with Crippen molar-refractivity contribution < 1.29 is 5.11 Å². The molecule has 3 rings (SSSR count). The van der Waals surface area contributed by atoms with Crippen molar-refractivity contribution in [2.75, 3.05) is 0 Å². The first-order valence-electron chi connectivity index (χ1n) is 5.65. The van der Waals surface area contributed by atoms with Crippen molar-refractivity contribution in [1.29, 1.82) is 0 Å². The predicted molar refractivity (Wildman–Crippen MR) is 77.2 cm³/mol. The van der Waals surface area contributed by atoms with Crippen LogP contribution in [0.1, 0.15) is 11.1 Å². The molecular formula is C14H10Cl2N2O. The van der Waals surface area contributed by atoms with Crippen LogP contribution in [0.3, 0.4) is 0 Å². The van der Waals surface area contributed by atoms with Crippen molar-refractivity contribution in [3.8, 4) is 0 Å². The summed E-state index contributed by atoms with van der Waals surface area (Å²) in [6, 6.07) is 12.3. The summed E-state index contributed by atoms with van der Waals surface area (Å²) in [7, 11) is 0. The van der Waals surface area contributed by atoms with E-state index in [9.17, 15) is 5.11 Å². The lowest BCUT2D eigenvalue weighted by atomic mass is 9.86. The van der Waals surface area contributed by atoms with Gasteiger partial charge >= 0.3 is 0 Å². The second kappa shape index (κ2) is 4.23. The van der Waals surface area contributed by atoms with E-state index in [4.69, 9.17) is 28.9 Å². The summed E-state index contributed by atoms with van der Waals surface area (Å²) in [6.45, 7) is 0. The summed E-state index contributed by atoms with van der Waals surface area (Å²) in [5.41, 5.74) is 6.19. The third kappa shape index (κ3) is 1.74. The highest BCUT2D eigenvalue weighted by molar-refractivity contribution is 6.42. The minimum atomic E-state index is -1.45. The fourth-order valence-corrected chi connectivity index (χ4v) is 2.57. The zero-order chi connectivity index (χ0) is 13.6. The molecule has 0 aliphatic carbocycles. The number of hydrogen-bond acceptors (Lipinski definition) is 3. The van der Waals surface area contributed by atoms with Gasteiger partial charge in [0.1, 0.15) is 5.84 Å². The molecule has 0 radical (unpaired) electrons. The maximum absolute atomic E-state index is 10.9. The number of halogens is 2. The van der Waals surface area contributed by atoms with Gasteiger partial charge in [-0.2, -0.15) is 0 Å². The molecule has 1 aliphatic rings. The third-order valence-corrected chi connectivity index (χ3v) is 3.95. The van der Waals surface area contributed by atoms with Crippen molar-refractivity contribution in [2.45, 2.75) is 5.60 Å². The molecule has 0 bridgehead atoms. The van der Waals surface area contributed by atoms with Gasteiger partial charge in [0.2, 0.25) is 0 Å². The molecule has 0 fully saturated rings. The van der Waals surface area contributed by atoms with Crippen LogP contribution >= 0.6 is 23.2 Å². The van der Waals surface area contributed by atoms with Crippen LogP contribution in [0.4, 0.5) is 5.69 Å². The Morgan fingerprint density at radius 2 is 1.68 bits per heavy atom. The summed E-state index contributed by atoms with van der Waals surface area (Å²) in [5.74, 6) is 0.118. The largest absolute Gasteiger partial charge is 0.384 e. The van der Waals surface area contributed by atoms with Crippen LogP contribution in [0.15, 0.2) is 47.5 Å². The Balaban J connectivity index is 2.27. The van der Waals surface area contributed by atoms with E-state index < -0.39 is 5.60 Å². The first-order valence-corrected chi connectivity index (χ1v) is 6.41. The Hall–Kier alpha value is -1.55. The van der Waals surface area contributed by atoms with Gasteiger partial charge in [-0.15, -0.1) is 0 Å². The summed E-state index contributed by atoms with van der Waals surface area (Å²) >= 11 is 12.0. The number of aliphatic hydroxyl groups is 1. The van der Waals surface area contributed by atoms with Crippen LogP contribution in [-0.2, 0) is 5.60 Å². The molecule has 1 aliphatic heterocycles. The van der Waals surface area contributed by atoms with E-state index in [1.54, 1.807) is 24.3 Å². The highest BCUT2D eigenvalue weighted by atomic mass is 35.5. The van der Waals surface area contributed by atoms with E-state index in [-0.39, 0.29) is 5.84 Å². The van der Waals surface area contributed by atoms with Crippen LogP contribution in [0, 0.1) is 0 Å². The number of nitrogens with zero attached hydrogens (tertiary/aromatic N) is 1. The molecule has 0 saturated carbocycles. The average Bonchev–Trinajstić information content (AvgIpc) is 2.65. The van der Waals surface area contributed by atoms with Gasteiger partial charge in [0.25, 0.3) is 0 Å². The molecule has 0 aromatic heterocycles. The minimum absolute atomic E-state index is 0.118. The SMILES string of the molecule is NC1=Nc2cc(Cl)c(Cl)cc2C1(O)c1ccccc1. The fraction of sp³-hybridized carbons (Fsp3) is 0.0714. The molecule has 96 valence electrons. The second-order valence-corrected chi connectivity index (χ2v) is 5.17. The predicted octanol–water partition coefficient (Wildman–Crippen LogP) is 3.23. The number of rotatable bonds is 1. The molecule has 3 nitrogen and oxygen atoms in total. The number of amidine groups is 1. The Morgan fingerprint density at radius 3 is 2.37 bits per heavy atom. The first-order chi connectivity index (χ1) is 9.03. The van der Waals surface area contributed by atoms with E-state index in [0.717, 1.165) is 0 Å². The summed E-state index contributed by atoms with van der Waals surface area (Å²) in [4.78, 5) is 4.18. The monoisotopic (exact) mass is 292 g/mol. The molecule has 1 unspecified atom stereocenters. The third-order valence-electron chi connectivity index (χ3n) is 3.23. The lowest BCUT2D eigenvalue weighted by Gasteiger charge is -2.24. The van der Waals surface area contributed by atoms with Crippen molar-refractivity contribution >= 4 is 34.7 Å². The first kappa shape index (κ1) is 12.5. The zero-order valence-corrected chi connectivity index (χ0v) is 11.3. The molecule has 0 amide bonds. The molecule has 2 aromatic rings. The zero-order valence-electron chi connectivity index (χ0n) is 9.77. The van der Waals surface area contributed by atoms with Gasteiger partial charge in [-0.1, -0.05) is 53.5 Å². The van der Waals surface area contributed by atoms with Crippen LogP contribution in [-0.4, -0.2) is 10.9 Å². The number of nitrogens with two attached hydrogens (primary N) is 1. The lowest BCUT2D eigenvalue weighted by Crippen LogP contribution is -2.39. The van der Waals surface area contributed by atoms with Gasteiger partial charge in [0.15, 0.2) is 5.60 Å². The Morgan fingerprint density at radius 1 is 1.05 bits per heavy atom.